The highest BCUT2D eigenvalue weighted by Crippen LogP contribution is 2.16. The van der Waals surface area contributed by atoms with Gasteiger partial charge in [-0.25, -0.2) is 0 Å². The molecule has 0 unspecified atom stereocenters. The first kappa shape index (κ1) is 12.8. The van der Waals surface area contributed by atoms with E-state index in [1.54, 1.807) is 0 Å². The molecule has 1 fully saturated rings. The normalized spacial score (nSPS) is 15.4. The standard InChI is InChI=1S/C9H15N5O.ClH/c1-15-9-7(11-13-12-9)8(10)14-5-3-2-4-6-14;/h10H,2-6H2,1H3,(H,11,12,13);1H. The van der Waals surface area contributed by atoms with E-state index in [2.05, 4.69) is 15.4 Å². The van der Waals surface area contributed by atoms with Gasteiger partial charge in [-0.3, -0.25) is 5.41 Å². The molecule has 16 heavy (non-hydrogen) atoms. The topological polar surface area (TPSA) is 77.9 Å². The van der Waals surface area contributed by atoms with E-state index in [1.807, 2.05) is 4.90 Å². The second kappa shape index (κ2) is 5.69. The fraction of sp³-hybridized carbons (Fsp3) is 0.667. The molecule has 6 nitrogen and oxygen atoms in total. The van der Waals surface area contributed by atoms with Crippen LogP contribution >= 0.6 is 12.4 Å². The number of nitrogens with zero attached hydrogens (tertiary/aromatic N) is 3. The maximum Gasteiger partial charge on any atom is 0.264 e. The Morgan fingerprint density at radius 3 is 2.62 bits per heavy atom. The third kappa shape index (κ3) is 2.44. The number of rotatable bonds is 2. The van der Waals surface area contributed by atoms with Crippen LogP contribution in [-0.4, -0.2) is 46.3 Å². The number of methoxy groups -OCH3 is 1. The van der Waals surface area contributed by atoms with Crippen LogP contribution in [0.25, 0.3) is 0 Å². The fourth-order valence-corrected chi connectivity index (χ4v) is 1.79. The number of nitrogens with one attached hydrogen (secondary N) is 2. The summed E-state index contributed by atoms with van der Waals surface area (Å²) in [4.78, 5) is 2.02. The Bertz CT molecular complexity index is 347. The van der Waals surface area contributed by atoms with Crippen LogP contribution in [-0.2, 0) is 0 Å². The van der Waals surface area contributed by atoms with Crippen molar-refractivity contribution >= 4 is 18.2 Å². The molecule has 1 aromatic rings. The minimum atomic E-state index is 0. The molecule has 7 heteroatoms. The molecule has 1 saturated heterocycles. The lowest BCUT2D eigenvalue weighted by Gasteiger charge is -2.27. The fourth-order valence-electron chi connectivity index (χ4n) is 1.79. The highest BCUT2D eigenvalue weighted by molar-refractivity contribution is 5.96. The van der Waals surface area contributed by atoms with Crippen LogP contribution < -0.4 is 4.74 Å². The highest BCUT2D eigenvalue weighted by atomic mass is 35.5. The van der Waals surface area contributed by atoms with Crippen LogP contribution in [0.15, 0.2) is 0 Å². The zero-order valence-corrected chi connectivity index (χ0v) is 10.0. The molecule has 0 atom stereocenters. The number of aromatic nitrogens is 3. The number of H-pyrrole nitrogens is 1. The van der Waals surface area contributed by atoms with Crippen molar-refractivity contribution in [2.45, 2.75) is 19.3 Å². The van der Waals surface area contributed by atoms with E-state index in [4.69, 9.17) is 10.1 Å². The average molecular weight is 246 g/mol. The van der Waals surface area contributed by atoms with Crippen molar-refractivity contribution in [2.24, 2.45) is 0 Å². The molecular formula is C9H16ClN5O. The number of aromatic amines is 1. The van der Waals surface area contributed by atoms with Crippen LogP contribution in [0.4, 0.5) is 0 Å². The molecule has 0 aliphatic carbocycles. The van der Waals surface area contributed by atoms with Gasteiger partial charge in [0.2, 0.25) is 0 Å². The minimum absolute atomic E-state index is 0. The van der Waals surface area contributed by atoms with E-state index in [9.17, 15) is 0 Å². The monoisotopic (exact) mass is 245 g/mol. The molecule has 0 amide bonds. The Morgan fingerprint density at radius 2 is 2.00 bits per heavy atom. The molecule has 90 valence electrons. The van der Waals surface area contributed by atoms with Crippen molar-refractivity contribution < 1.29 is 4.74 Å². The lowest BCUT2D eigenvalue weighted by molar-refractivity contribution is 0.338. The molecule has 0 spiro atoms. The molecule has 0 bridgehead atoms. The summed E-state index contributed by atoms with van der Waals surface area (Å²) in [5.74, 6) is 0.797. The number of ether oxygens (including phenoxy) is 1. The van der Waals surface area contributed by atoms with Gasteiger partial charge < -0.3 is 9.64 Å². The molecule has 1 aliphatic rings. The van der Waals surface area contributed by atoms with Gasteiger partial charge in [-0.15, -0.1) is 22.6 Å². The van der Waals surface area contributed by atoms with Crippen LogP contribution in [0.2, 0.25) is 0 Å². The SMILES string of the molecule is COc1n[nH]nc1C(=N)N1CCCCC1.Cl. The third-order valence-corrected chi connectivity index (χ3v) is 2.61. The summed E-state index contributed by atoms with van der Waals surface area (Å²) >= 11 is 0. The Morgan fingerprint density at radius 1 is 1.31 bits per heavy atom. The van der Waals surface area contributed by atoms with Gasteiger partial charge in [-0.2, -0.15) is 5.21 Å². The molecule has 1 aromatic heterocycles. The number of likely N-dealkylation sites (tertiary alicyclic amines) is 1. The Labute approximate surface area is 100 Å². The molecule has 0 aromatic carbocycles. The second-order valence-electron chi connectivity index (χ2n) is 3.58. The van der Waals surface area contributed by atoms with Gasteiger partial charge in [0.25, 0.3) is 5.88 Å². The smallest absolute Gasteiger partial charge is 0.264 e. The summed E-state index contributed by atoms with van der Waals surface area (Å²) in [5, 5.41) is 18.2. The zero-order valence-electron chi connectivity index (χ0n) is 9.19. The maximum absolute atomic E-state index is 8.01. The predicted molar refractivity (Wildman–Crippen MR) is 62.4 cm³/mol. The van der Waals surface area contributed by atoms with Gasteiger partial charge in [0.05, 0.1) is 7.11 Å². The van der Waals surface area contributed by atoms with Gasteiger partial charge in [-0.1, -0.05) is 0 Å². The van der Waals surface area contributed by atoms with E-state index in [0.717, 1.165) is 25.9 Å². The van der Waals surface area contributed by atoms with Gasteiger partial charge in [-0.05, 0) is 19.3 Å². The predicted octanol–water partition coefficient (Wildman–Crippen LogP) is 1.05. The van der Waals surface area contributed by atoms with Gasteiger partial charge in [0.1, 0.15) is 0 Å². The quantitative estimate of drug-likeness (QED) is 0.603. The summed E-state index contributed by atoms with van der Waals surface area (Å²) in [6, 6.07) is 0. The first-order valence-electron chi connectivity index (χ1n) is 5.11. The van der Waals surface area contributed by atoms with Crippen molar-refractivity contribution in [2.75, 3.05) is 20.2 Å². The molecule has 2 N–H and O–H groups in total. The van der Waals surface area contributed by atoms with E-state index < -0.39 is 0 Å². The molecule has 0 saturated carbocycles. The Balaban J connectivity index is 0.00000128. The van der Waals surface area contributed by atoms with E-state index in [-0.39, 0.29) is 12.4 Å². The second-order valence-corrected chi connectivity index (χ2v) is 3.58. The lowest BCUT2D eigenvalue weighted by Crippen LogP contribution is -2.36. The van der Waals surface area contributed by atoms with Crippen LogP contribution in [0.1, 0.15) is 25.0 Å². The Hall–Kier alpha value is -1.30. The summed E-state index contributed by atoms with van der Waals surface area (Å²) in [6.07, 6.45) is 3.53. The van der Waals surface area contributed by atoms with Crippen molar-refractivity contribution in [3.05, 3.63) is 5.69 Å². The van der Waals surface area contributed by atoms with E-state index >= 15 is 0 Å². The summed E-state index contributed by atoms with van der Waals surface area (Å²) < 4.78 is 5.02. The number of hydrogen-bond donors (Lipinski definition) is 2. The first-order valence-corrected chi connectivity index (χ1v) is 5.11. The minimum Gasteiger partial charge on any atom is -0.478 e. The highest BCUT2D eigenvalue weighted by Gasteiger charge is 2.20. The molecular weight excluding hydrogens is 230 g/mol. The number of halogens is 1. The molecule has 1 aliphatic heterocycles. The first-order chi connectivity index (χ1) is 7.33. The summed E-state index contributed by atoms with van der Waals surface area (Å²) in [5.41, 5.74) is 0.499. The number of hydrogen-bond acceptors (Lipinski definition) is 4. The van der Waals surface area contributed by atoms with Crippen LogP contribution in [0.5, 0.6) is 5.88 Å². The van der Waals surface area contributed by atoms with Crippen LogP contribution in [0.3, 0.4) is 0 Å². The number of piperidine rings is 1. The van der Waals surface area contributed by atoms with Crippen molar-refractivity contribution in [3.8, 4) is 5.88 Å². The van der Waals surface area contributed by atoms with Gasteiger partial charge in [0, 0.05) is 13.1 Å². The van der Waals surface area contributed by atoms with Crippen molar-refractivity contribution in [1.82, 2.24) is 20.3 Å². The molecule has 2 heterocycles. The van der Waals surface area contributed by atoms with Gasteiger partial charge >= 0.3 is 0 Å². The van der Waals surface area contributed by atoms with E-state index in [0.29, 0.717) is 17.4 Å². The zero-order chi connectivity index (χ0) is 10.7. The van der Waals surface area contributed by atoms with Crippen molar-refractivity contribution in [1.29, 1.82) is 5.41 Å². The van der Waals surface area contributed by atoms with Crippen molar-refractivity contribution in [3.63, 3.8) is 0 Å². The maximum atomic E-state index is 8.01. The largest absolute Gasteiger partial charge is 0.478 e. The lowest BCUT2D eigenvalue weighted by atomic mass is 10.1. The van der Waals surface area contributed by atoms with E-state index in [1.165, 1.54) is 13.5 Å². The van der Waals surface area contributed by atoms with Crippen LogP contribution in [0, 0.1) is 5.41 Å². The Kier molecular flexibility index (Phi) is 4.54. The molecule has 0 radical (unpaired) electrons. The summed E-state index contributed by atoms with van der Waals surface area (Å²) in [6.45, 7) is 1.85. The van der Waals surface area contributed by atoms with Gasteiger partial charge in [0.15, 0.2) is 11.5 Å². The third-order valence-electron chi connectivity index (χ3n) is 2.61. The average Bonchev–Trinajstić information content (AvgIpc) is 2.77. The summed E-state index contributed by atoms with van der Waals surface area (Å²) in [7, 11) is 1.53. The molecule has 2 rings (SSSR count). The number of amidine groups is 1.